The van der Waals surface area contributed by atoms with Crippen LogP contribution in [-0.2, 0) is 0 Å². The topological polar surface area (TPSA) is 55.2 Å². The fourth-order valence-corrected chi connectivity index (χ4v) is 0.998. The van der Waals surface area contributed by atoms with E-state index in [0.717, 1.165) is 10.2 Å². The molecule has 0 bridgehead atoms. The molecule has 0 aliphatic carbocycles. The van der Waals surface area contributed by atoms with Crippen molar-refractivity contribution in [3.05, 3.63) is 16.5 Å². The summed E-state index contributed by atoms with van der Waals surface area (Å²) in [7, 11) is 0. The molecule has 0 atom stereocenters. The first kappa shape index (κ1) is 9.41. The zero-order valence-electron chi connectivity index (χ0n) is 6.62. The predicted molar refractivity (Wildman–Crippen MR) is 47.0 cm³/mol. The van der Waals surface area contributed by atoms with Crippen molar-refractivity contribution in [3.8, 4) is 5.88 Å². The van der Waals surface area contributed by atoms with Gasteiger partial charge in [0.2, 0.25) is 5.88 Å². The highest BCUT2D eigenvalue weighted by Gasteiger charge is 2.04. The first-order valence-electron chi connectivity index (χ1n) is 3.46. The quantitative estimate of drug-likeness (QED) is 0.843. The molecule has 0 radical (unpaired) electrons. The van der Waals surface area contributed by atoms with E-state index >= 15 is 0 Å². The van der Waals surface area contributed by atoms with Crippen LogP contribution < -0.4 is 4.74 Å². The van der Waals surface area contributed by atoms with Crippen LogP contribution in [0.3, 0.4) is 0 Å². The number of ether oxygens (including phenoxy) is 1. The Balaban J connectivity index is 2.78. The van der Waals surface area contributed by atoms with Gasteiger partial charge >= 0.3 is 0 Å². The summed E-state index contributed by atoms with van der Waals surface area (Å²) >= 11 is 3.28. The van der Waals surface area contributed by atoms with Crippen molar-refractivity contribution < 1.29 is 9.84 Å². The predicted octanol–water partition coefficient (Wildman–Crippen LogP) is 0.919. The lowest BCUT2D eigenvalue weighted by Gasteiger charge is -2.05. The van der Waals surface area contributed by atoms with Gasteiger partial charge in [0, 0.05) is 0 Å². The standard InChI is InChI=1S/C7H9BrN2O2/c1-5-6(8)7(10-4-9-5)12-3-2-11/h4,11H,2-3H2,1H3. The zero-order valence-corrected chi connectivity index (χ0v) is 8.21. The lowest BCUT2D eigenvalue weighted by molar-refractivity contribution is 0.195. The van der Waals surface area contributed by atoms with Crippen molar-refractivity contribution in [1.82, 2.24) is 9.97 Å². The van der Waals surface area contributed by atoms with E-state index in [-0.39, 0.29) is 13.2 Å². The van der Waals surface area contributed by atoms with E-state index in [4.69, 9.17) is 9.84 Å². The fourth-order valence-electron chi connectivity index (χ4n) is 0.679. The first-order chi connectivity index (χ1) is 5.75. The second-order valence-electron chi connectivity index (χ2n) is 2.15. The van der Waals surface area contributed by atoms with Crippen LogP contribution in [0.5, 0.6) is 5.88 Å². The third kappa shape index (κ3) is 2.15. The van der Waals surface area contributed by atoms with Crippen LogP contribution in [0.4, 0.5) is 0 Å². The maximum Gasteiger partial charge on any atom is 0.231 e. The molecule has 66 valence electrons. The van der Waals surface area contributed by atoms with Gasteiger partial charge in [-0.05, 0) is 22.9 Å². The SMILES string of the molecule is Cc1ncnc(OCCO)c1Br. The lowest BCUT2D eigenvalue weighted by Crippen LogP contribution is -2.04. The van der Waals surface area contributed by atoms with Gasteiger partial charge < -0.3 is 9.84 Å². The zero-order chi connectivity index (χ0) is 8.97. The lowest BCUT2D eigenvalue weighted by atomic mass is 10.4. The normalized spacial score (nSPS) is 9.92. The Labute approximate surface area is 78.7 Å². The number of nitrogens with zero attached hydrogens (tertiary/aromatic N) is 2. The number of hydrogen-bond acceptors (Lipinski definition) is 4. The van der Waals surface area contributed by atoms with Gasteiger partial charge in [0.15, 0.2) is 0 Å². The van der Waals surface area contributed by atoms with Gasteiger partial charge in [0.25, 0.3) is 0 Å². The first-order valence-corrected chi connectivity index (χ1v) is 4.25. The molecule has 1 rings (SSSR count). The van der Waals surface area contributed by atoms with E-state index in [2.05, 4.69) is 25.9 Å². The Kier molecular flexibility index (Phi) is 3.43. The van der Waals surface area contributed by atoms with Crippen LogP contribution in [0.2, 0.25) is 0 Å². The van der Waals surface area contributed by atoms with E-state index in [1.807, 2.05) is 6.92 Å². The summed E-state index contributed by atoms with van der Waals surface area (Å²) in [6, 6.07) is 0. The fraction of sp³-hybridized carbons (Fsp3) is 0.429. The Morgan fingerprint density at radius 1 is 1.58 bits per heavy atom. The highest BCUT2D eigenvalue weighted by Crippen LogP contribution is 2.23. The van der Waals surface area contributed by atoms with Crippen molar-refractivity contribution in [3.63, 3.8) is 0 Å². The number of halogens is 1. The molecule has 1 aromatic rings. The van der Waals surface area contributed by atoms with E-state index in [1.165, 1.54) is 6.33 Å². The van der Waals surface area contributed by atoms with Crippen LogP contribution in [-0.4, -0.2) is 28.3 Å². The van der Waals surface area contributed by atoms with Crippen LogP contribution in [0.1, 0.15) is 5.69 Å². The minimum atomic E-state index is -0.0184. The molecule has 0 aliphatic rings. The second-order valence-corrected chi connectivity index (χ2v) is 2.94. The summed E-state index contributed by atoms with van der Waals surface area (Å²) in [5.74, 6) is 0.469. The van der Waals surface area contributed by atoms with Crippen molar-refractivity contribution in [2.75, 3.05) is 13.2 Å². The van der Waals surface area contributed by atoms with Crippen molar-refractivity contribution >= 4 is 15.9 Å². The van der Waals surface area contributed by atoms with Crippen LogP contribution in [0.25, 0.3) is 0 Å². The van der Waals surface area contributed by atoms with Gasteiger partial charge in [-0.15, -0.1) is 0 Å². The average molecular weight is 233 g/mol. The number of hydrogen-bond donors (Lipinski definition) is 1. The molecule has 1 heterocycles. The molecule has 1 aromatic heterocycles. The molecular formula is C7H9BrN2O2. The molecule has 0 aliphatic heterocycles. The summed E-state index contributed by atoms with van der Waals surface area (Å²) in [5, 5.41) is 8.50. The van der Waals surface area contributed by atoms with Crippen molar-refractivity contribution in [2.45, 2.75) is 6.92 Å². The molecule has 0 amide bonds. The van der Waals surface area contributed by atoms with E-state index in [0.29, 0.717) is 5.88 Å². The minimum Gasteiger partial charge on any atom is -0.474 e. The molecule has 0 unspecified atom stereocenters. The number of aliphatic hydroxyl groups is 1. The number of rotatable bonds is 3. The third-order valence-corrected chi connectivity index (χ3v) is 2.17. The van der Waals surface area contributed by atoms with Gasteiger partial charge in [-0.25, -0.2) is 9.97 Å². The summed E-state index contributed by atoms with van der Waals surface area (Å²) < 4.78 is 5.85. The second kappa shape index (κ2) is 4.37. The summed E-state index contributed by atoms with van der Waals surface area (Å²) in [6.07, 6.45) is 1.42. The molecule has 0 saturated carbocycles. The van der Waals surface area contributed by atoms with E-state index in [1.54, 1.807) is 0 Å². The maximum absolute atomic E-state index is 8.50. The average Bonchev–Trinajstić information content (AvgIpc) is 2.08. The Morgan fingerprint density at radius 2 is 2.33 bits per heavy atom. The van der Waals surface area contributed by atoms with Crippen LogP contribution >= 0.6 is 15.9 Å². The van der Waals surface area contributed by atoms with E-state index in [9.17, 15) is 0 Å². The Hall–Kier alpha value is -0.680. The highest BCUT2D eigenvalue weighted by molar-refractivity contribution is 9.10. The third-order valence-electron chi connectivity index (χ3n) is 1.26. The summed E-state index contributed by atoms with van der Waals surface area (Å²) in [4.78, 5) is 7.83. The molecule has 0 spiro atoms. The van der Waals surface area contributed by atoms with Gasteiger partial charge in [-0.3, -0.25) is 0 Å². The minimum absolute atomic E-state index is 0.0184. The van der Waals surface area contributed by atoms with Gasteiger partial charge in [0.1, 0.15) is 17.4 Å². The summed E-state index contributed by atoms with van der Waals surface area (Å²) in [6.45, 7) is 2.07. The van der Waals surface area contributed by atoms with Gasteiger partial charge in [-0.1, -0.05) is 0 Å². The maximum atomic E-state index is 8.50. The van der Waals surface area contributed by atoms with Crippen LogP contribution in [0.15, 0.2) is 10.8 Å². The largest absolute Gasteiger partial charge is 0.474 e. The van der Waals surface area contributed by atoms with Crippen molar-refractivity contribution in [1.29, 1.82) is 0 Å². The number of aliphatic hydroxyl groups excluding tert-OH is 1. The monoisotopic (exact) mass is 232 g/mol. The molecule has 0 saturated heterocycles. The van der Waals surface area contributed by atoms with Gasteiger partial charge in [-0.2, -0.15) is 0 Å². The molecule has 0 aromatic carbocycles. The number of aromatic nitrogens is 2. The molecular weight excluding hydrogens is 224 g/mol. The molecule has 12 heavy (non-hydrogen) atoms. The Bertz CT molecular complexity index is 268. The molecule has 1 N–H and O–H groups in total. The Morgan fingerprint density at radius 3 is 3.00 bits per heavy atom. The molecule has 5 heteroatoms. The smallest absolute Gasteiger partial charge is 0.231 e. The molecule has 0 fully saturated rings. The van der Waals surface area contributed by atoms with E-state index < -0.39 is 0 Å². The highest BCUT2D eigenvalue weighted by atomic mass is 79.9. The van der Waals surface area contributed by atoms with Crippen molar-refractivity contribution in [2.24, 2.45) is 0 Å². The number of aryl methyl sites for hydroxylation is 1. The van der Waals surface area contributed by atoms with Gasteiger partial charge in [0.05, 0.1) is 12.3 Å². The van der Waals surface area contributed by atoms with Crippen LogP contribution in [0, 0.1) is 6.92 Å². The molecule has 4 nitrogen and oxygen atoms in total. The summed E-state index contributed by atoms with van der Waals surface area (Å²) in [5.41, 5.74) is 0.818.